The number of hydrogen-bond acceptors (Lipinski definition) is 6. The molecule has 40 heavy (non-hydrogen) atoms. The molecule has 2 aliphatic rings. The standard InChI is InChI=1S/C30H30N4O6/c35-18-24-14-20-8-12-25(13-9-20)40-19-29(38)31-16-28(37)34-26(30(39)32-17-27(36)33-24)15-21-6-10-23(11-7-21)22-4-2-1-3-5-22/h1-13,18,24,26H,14-17,19H2,(H,31,38)(H,32,39)(H,33,36)(H,34,37)/t24-,26+/m0/s1. The summed E-state index contributed by atoms with van der Waals surface area (Å²) in [4.78, 5) is 61.9. The summed E-state index contributed by atoms with van der Waals surface area (Å²) in [5.74, 6) is -1.79. The first kappa shape index (κ1) is 28.0. The number of nitrogens with one attached hydrogen (secondary N) is 4. The molecule has 0 spiro atoms. The van der Waals surface area contributed by atoms with Crippen LogP contribution >= 0.6 is 0 Å². The number of fused-ring (bicyclic) bond motifs is 16. The maximum atomic E-state index is 13.0. The summed E-state index contributed by atoms with van der Waals surface area (Å²) in [5, 5.41) is 10.2. The van der Waals surface area contributed by atoms with Gasteiger partial charge in [-0.3, -0.25) is 19.2 Å². The average Bonchev–Trinajstić information content (AvgIpc) is 2.98. The van der Waals surface area contributed by atoms with Gasteiger partial charge >= 0.3 is 0 Å². The highest BCUT2D eigenvalue weighted by atomic mass is 16.5. The van der Waals surface area contributed by atoms with Crippen molar-refractivity contribution in [1.82, 2.24) is 21.3 Å². The Kier molecular flexibility index (Phi) is 9.60. The summed E-state index contributed by atoms with van der Waals surface area (Å²) in [5.41, 5.74) is 3.60. The Labute approximate surface area is 231 Å². The average molecular weight is 543 g/mol. The molecule has 2 bridgehead atoms. The summed E-state index contributed by atoms with van der Waals surface area (Å²) in [6, 6.07) is 22.3. The van der Waals surface area contributed by atoms with E-state index in [9.17, 15) is 24.0 Å². The first-order chi connectivity index (χ1) is 19.4. The lowest BCUT2D eigenvalue weighted by atomic mass is 10.00. The van der Waals surface area contributed by atoms with Gasteiger partial charge in [0.1, 0.15) is 18.1 Å². The molecule has 5 rings (SSSR count). The highest BCUT2D eigenvalue weighted by molar-refractivity contribution is 5.92. The second-order valence-corrected chi connectivity index (χ2v) is 9.33. The van der Waals surface area contributed by atoms with Gasteiger partial charge in [-0.1, -0.05) is 66.7 Å². The van der Waals surface area contributed by atoms with E-state index in [0.717, 1.165) is 22.3 Å². The van der Waals surface area contributed by atoms with Crippen molar-refractivity contribution < 1.29 is 28.7 Å². The van der Waals surface area contributed by atoms with Crippen molar-refractivity contribution in [3.05, 3.63) is 90.0 Å². The molecule has 4 amide bonds. The van der Waals surface area contributed by atoms with E-state index in [0.29, 0.717) is 12.0 Å². The minimum Gasteiger partial charge on any atom is -0.484 e. The largest absolute Gasteiger partial charge is 0.484 e. The molecule has 0 saturated carbocycles. The zero-order valence-electron chi connectivity index (χ0n) is 21.7. The van der Waals surface area contributed by atoms with Gasteiger partial charge in [0.05, 0.1) is 19.1 Å². The third-order valence-electron chi connectivity index (χ3n) is 6.28. The van der Waals surface area contributed by atoms with E-state index < -0.39 is 35.7 Å². The number of hydrogen-bond donors (Lipinski definition) is 4. The SMILES string of the molecule is O=C[C@@H]1Cc2ccc(cc2)OCC(=O)NCC(=O)N[C@H](Cc2ccc(-c3ccccc3)cc2)C(=O)NCC(=O)N1. The van der Waals surface area contributed by atoms with Crippen LogP contribution in [-0.4, -0.2) is 61.7 Å². The number of carbonyl (C=O) groups is 5. The van der Waals surface area contributed by atoms with Crippen LogP contribution in [0.4, 0.5) is 0 Å². The van der Waals surface area contributed by atoms with Gasteiger partial charge in [-0.25, -0.2) is 0 Å². The van der Waals surface area contributed by atoms with E-state index in [2.05, 4.69) is 21.3 Å². The summed E-state index contributed by atoms with van der Waals surface area (Å²) in [6.07, 6.45) is 1.01. The molecule has 3 aromatic carbocycles. The topological polar surface area (TPSA) is 143 Å². The Morgan fingerprint density at radius 2 is 1.38 bits per heavy atom. The minimum atomic E-state index is -1.02. The van der Waals surface area contributed by atoms with Crippen LogP contribution in [0.15, 0.2) is 78.9 Å². The summed E-state index contributed by atoms with van der Waals surface area (Å²) >= 11 is 0. The van der Waals surface area contributed by atoms with Crippen LogP contribution in [0.25, 0.3) is 11.1 Å². The van der Waals surface area contributed by atoms with Crippen molar-refractivity contribution in [2.24, 2.45) is 0 Å². The van der Waals surface area contributed by atoms with E-state index in [1.807, 2.05) is 54.6 Å². The predicted octanol–water partition coefficient (Wildman–Crippen LogP) is 0.932. The Balaban J connectivity index is 1.47. The fraction of sp³-hybridized carbons (Fsp3) is 0.233. The molecule has 0 unspecified atom stereocenters. The number of ether oxygens (including phenoxy) is 1. The van der Waals surface area contributed by atoms with Crippen molar-refractivity contribution >= 4 is 29.9 Å². The number of amides is 4. The molecule has 10 heteroatoms. The molecule has 0 saturated heterocycles. The van der Waals surface area contributed by atoms with Gasteiger partial charge in [0.25, 0.3) is 5.91 Å². The minimum absolute atomic E-state index is 0.149. The van der Waals surface area contributed by atoms with Crippen LogP contribution in [0.2, 0.25) is 0 Å². The van der Waals surface area contributed by atoms with E-state index in [4.69, 9.17) is 4.74 Å². The second kappa shape index (κ2) is 13.7. The maximum Gasteiger partial charge on any atom is 0.258 e. The van der Waals surface area contributed by atoms with E-state index in [1.165, 1.54) is 0 Å². The lowest BCUT2D eigenvalue weighted by Gasteiger charge is -2.19. The molecule has 0 fully saturated rings. The molecule has 0 aromatic heterocycles. The van der Waals surface area contributed by atoms with Crippen LogP contribution in [0, 0.1) is 0 Å². The number of aldehydes is 1. The predicted molar refractivity (Wildman–Crippen MR) is 147 cm³/mol. The lowest BCUT2D eigenvalue weighted by molar-refractivity contribution is -0.131. The van der Waals surface area contributed by atoms with Crippen LogP contribution < -0.4 is 26.0 Å². The summed E-state index contributed by atoms with van der Waals surface area (Å²) in [6.45, 7) is -1.05. The quantitative estimate of drug-likeness (QED) is 0.285. The van der Waals surface area contributed by atoms with Crippen LogP contribution in [0.1, 0.15) is 11.1 Å². The molecule has 2 heterocycles. The fourth-order valence-electron chi connectivity index (χ4n) is 4.19. The lowest BCUT2D eigenvalue weighted by Crippen LogP contribution is -2.52. The summed E-state index contributed by atoms with van der Waals surface area (Å²) < 4.78 is 5.45. The number of carbonyl (C=O) groups excluding carboxylic acids is 5. The normalized spacial score (nSPS) is 19.0. The van der Waals surface area contributed by atoms with E-state index >= 15 is 0 Å². The number of rotatable bonds is 4. The van der Waals surface area contributed by atoms with Crippen LogP contribution in [-0.2, 0) is 36.8 Å². The van der Waals surface area contributed by atoms with Gasteiger partial charge in [0.15, 0.2) is 6.61 Å². The Morgan fingerprint density at radius 3 is 2.08 bits per heavy atom. The highest BCUT2D eigenvalue weighted by Gasteiger charge is 2.23. The Morgan fingerprint density at radius 1 is 0.725 bits per heavy atom. The fourth-order valence-corrected chi connectivity index (χ4v) is 4.19. The van der Waals surface area contributed by atoms with E-state index in [1.54, 1.807) is 24.3 Å². The zero-order valence-corrected chi connectivity index (χ0v) is 21.7. The van der Waals surface area contributed by atoms with Gasteiger partial charge in [-0.05, 0) is 40.8 Å². The van der Waals surface area contributed by atoms with Crippen molar-refractivity contribution in [2.75, 3.05) is 19.7 Å². The smallest absolute Gasteiger partial charge is 0.258 e. The Hall–Kier alpha value is -4.99. The third-order valence-corrected chi connectivity index (χ3v) is 6.28. The molecular weight excluding hydrogens is 512 g/mol. The molecule has 10 nitrogen and oxygen atoms in total. The monoisotopic (exact) mass is 542 g/mol. The Bertz CT molecular complexity index is 1340. The van der Waals surface area contributed by atoms with Gasteiger partial charge in [0, 0.05) is 6.42 Å². The maximum absolute atomic E-state index is 13.0. The number of benzene rings is 3. The van der Waals surface area contributed by atoms with E-state index in [-0.39, 0.29) is 32.5 Å². The van der Waals surface area contributed by atoms with Gasteiger partial charge in [-0.15, -0.1) is 0 Å². The first-order valence-corrected chi connectivity index (χ1v) is 12.8. The highest BCUT2D eigenvalue weighted by Crippen LogP contribution is 2.20. The van der Waals surface area contributed by atoms with Crippen molar-refractivity contribution in [1.29, 1.82) is 0 Å². The molecule has 2 atom stereocenters. The molecule has 0 radical (unpaired) electrons. The van der Waals surface area contributed by atoms with Gasteiger partial charge in [-0.2, -0.15) is 0 Å². The summed E-state index contributed by atoms with van der Waals surface area (Å²) in [7, 11) is 0. The van der Waals surface area contributed by atoms with Gasteiger partial charge in [0.2, 0.25) is 17.7 Å². The first-order valence-electron chi connectivity index (χ1n) is 12.8. The van der Waals surface area contributed by atoms with Crippen LogP contribution in [0.5, 0.6) is 5.75 Å². The van der Waals surface area contributed by atoms with Crippen molar-refractivity contribution in [2.45, 2.75) is 24.9 Å². The molecule has 0 aliphatic carbocycles. The third kappa shape index (κ3) is 8.26. The van der Waals surface area contributed by atoms with Gasteiger partial charge < -0.3 is 30.8 Å². The molecule has 3 aromatic rings. The van der Waals surface area contributed by atoms with Crippen LogP contribution in [0.3, 0.4) is 0 Å². The zero-order chi connectivity index (χ0) is 28.3. The van der Waals surface area contributed by atoms with Crippen molar-refractivity contribution in [3.63, 3.8) is 0 Å². The molecule has 206 valence electrons. The molecular formula is C30H30N4O6. The second-order valence-electron chi connectivity index (χ2n) is 9.33. The molecule has 2 aliphatic heterocycles. The van der Waals surface area contributed by atoms with Crippen molar-refractivity contribution in [3.8, 4) is 16.9 Å². The molecule has 4 N–H and O–H groups in total.